The summed E-state index contributed by atoms with van der Waals surface area (Å²) in [5, 5.41) is 11.5. The molecule has 0 spiro atoms. The summed E-state index contributed by atoms with van der Waals surface area (Å²) in [7, 11) is 0. The third-order valence-electron chi connectivity index (χ3n) is 4.54. The maximum absolute atomic E-state index is 13.5. The highest BCUT2D eigenvalue weighted by Crippen LogP contribution is 2.33. The molecule has 5 nitrogen and oxygen atoms in total. The summed E-state index contributed by atoms with van der Waals surface area (Å²) in [5.74, 6) is -0.760. The van der Waals surface area contributed by atoms with Crippen LogP contribution >= 0.6 is 11.3 Å². The summed E-state index contributed by atoms with van der Waals surface area (Å²) in [4.78, 5) is 19.8. The first-order valence-electron chi connectivity index (χ1n) is 8.57. The van der Waals surface area contributed by atoms with Crippen molar-refractivity contribution in [3.63, 3.8) is 0 Å². The molecule has 3 heterocycles. The highest BCUT2D eigenvalue weighted by molar-refractivity contribution is 7.15. The molecule has 0 radical (unpaired) electrons. The van der Waals surface area contributed by atoms with E-state index in [4.69, 9.17) is 0 Å². The smallest absolute Gasteiger partial charge is 0.291 e. The number of nitrogens with one attached hydrogen (secondary N) is 1. The average molecular weight is 401 g/mol. The fourth-order valence-electron chi connectivity index (χ4n) is 3.23. The number of thiophene rings is 1. The number of aryl methyl sites for hydroxylation is 1. The Morgan fingerprint density at radius 3 is 2.68 bits per heavy atom. The van der Waals surface area contributed by atoms with Crippen molar-refractivity contribution in [3.8, 4) is 10.6 Å². The minimum absolute atomic E-state index is 0.182. The molecule has 8 heteroatoms. The number of aliphatic hydroxyl groups is 1. The van der Waals surface area contributed by atoms with Crippen LogP contribution in [0.1, 0.15) is 22.2 Å². The van der Waals surface area contributed by atoms with Crippen LogP contribution in [0.25, 0.3) is 21.5 Å². The van der Waals surface area contributed by atoms with Gasteiger partial charge in [0.25, 0.3) is 12.3 Å². The molecule has 0 fully saturated rings. The number of hydrogen-bond donors (Lipinski definition) is 2. The van der Waals surface area contributed by atoms with E-state index in [0.29, 0.717) is 21.6 Å². The Morgan fingerprint density at radius 1 is 1.25 bits per heavy atom. The second-order valence-electron chi connectivity index (χ2n) is 6.65. The molecule has 144 valence electrons. The highest BCUT2D eigenvalue weighted by atomic mass is 32.1. The molecule has 1 aliphatic rings. The molecule has 1 amide bonds. The SMILES string of the molecule is CC1=CC(O)(C(F)F)N(C(=O)c2cc(-c3ccc(C)s3)nc3ccccc23)N1. The van der Waals surface area contributed by atoms with E-state index in [-0.39, 0.29) is 11.3 Å². The van der Waals surface area contributed by atoms with Crippen LogP contribution < -0.4 is 5.43 Å². The van der Waals surface area contributed by atoms with Crippen LogP contribution in [0.4, 0.5) is 8.78 Å². The van der Waals surface area contributed by atoms with Crippen molar-refractivity contribution in [3.05, 3.63) is 64.7 Å². The Balaban J connectivity index is 1.87. The standard InChI is InChI=1S/C20H17F2N3O2S/c1-11-10-20(27,19(21)22)25(24-11)18(26)14-9-16(17-8-7-12(2)28-17)23-15-6-4-3-5-13(14)15/h3-10,19,24,27H,1-2H3. The number of hydrogen-bond acceptors (Lipinski definition) is 5. The van der Waals surface area contributed by atoms with Gasteiger partial charge in [-0.3, -0.25) is 10.2 Å². The number of para-hydroxylation sites is 1. The Bertz CT molecular complexity index is 1110. The first-order chi connectivity index (χ1) is 13.3. The van der Waals surface area contributed by atoms with Gasteiger partial charge in [0.15, 0.2) is 0 Å². The van der Waals surface area contributed by atoms with E-state index in [9.17, 15) is 18.7 Å². The molecule has 28 heavy (non-hydrogen) atoms. The third kappa shape index (κ3) is 2.94. The maximum Gasteiger partial charge on any atom is 0.291 e. The highest BCUT2D eigenvalue weighted by Gasteiger charge is 2.49. The van der Waals surface area contributed by atoms with E-state index in [1.807, 2.05) is 19.1 Å². The van der Waals surface area contributed by atoms with Crippen LogP contribution in [0.5, 0.6) is 0 Å². The summed E-state index contributed by atoms with van der Waals surface area (Å²) in [5.41, 5.74) is 1.42. The number of rotatable bonds is 3. The van der Waals surface area contributed by atoms with Crippen LogP contribution in [0.3, 0.4) is 0 Å². The molecule has 0 bridgehead atoms. The lowest BCUT2D eigenvalue weighted by Gasteiger charge is -2.32. The van der Waals surface area contributed by atoms with Gasteiger partial charge in [-0.05, 0) is 44.2 Å². The quantitative estimate of drug-likeness (QED) is 0.694. The van der Waals surface area contributed by atoms with Gasteiger partial charge in [0, 0.05) is 16.0 Å². The van der Waals surface area contributed by atoms with Crippen LogP contribution in [0.2, 0.25) is 0 Å². The largest absolute Gasteiger partial charge is 0.361 e. The molecule has 4 rings (SSSR count). The van der Waals surface area contributed by atoms with Crippen LogP contribution in [0, 0.1) is 6.92 Å². The van der Waals surface area contributed by atoms with Gasteiger partial charge >= 0.3 is 0 Å². The lowest BCUT2D eigenvalue weighted by molar-refractivity contribution is -0.146. The third-order valence-corrected chi connectivity index (χ3v) is 5.56. The number of nitrogens with zero attached hydrogens (tertiary/aromatic N) is 2. The Kier molecular flexibility index (Phi) is 4.40. The number of alkyl halides is 2. The van der Waals surface area contributed by atoms with E-state index in [1.54, 1.807) is 30.3 Å². The van der Waals surface area contributed by atoms with Crippen LogP contribution in [-0.2, 0) is 0 Å². The van der Waals surface area contributed by atoms with Crippen molar-refractivity contribution in [2.45, 2.75) is 26.0 Å². The molecule has 0 saturated heterocycles. The zero-order valence-corrected chi connectivity index (χ0v) is 15.9. The number of carbonyl (C=O) groups excluding carboxylic acids is 1. The van der Waals surface area contributed by atoms with Crippen molar-refractivity contribution >= 4 is 28.1 Å². The molecule has 2 aromatic heterocycles. The minimum atomic E-state index is -3.17. The number of halogens is 2. The van der Waals surface area contributed by atoms with Crippen molar-refractivity contribution in [2.75, 3.05) is 0 Å². The molecular weight excluding hydrogens is 384 g/mol. The number of allylic oxidation sites excluding steroid dienone is 1. The summed E-state index contributed by atoms with van der Waals surface area (Å²) in [6.45, 7) is 3.47. The van der Waals surface area contributed by atoms with E-state index in [1.165, 1.54) is 18.3 Å². The van der Waals surface area contributed by atoms with E-state index in [0.717, 1.165) is 15.8 Å². The first kappa shape index (κ1) is 18.5. The lowest BCUT2D eigenvalue weighted by atomic mass is 10.0. The molecule has 3 aromatic rings. The monoisotopic (exact) mass is 401 g/mol. The van der Waals surface area contributed by atoms with E-state index >= 15 is 0 Å². The van der Waals surface area contributed by atoms with Crippen molar-refractivity contribution in [1.29, 1.82) is 0 Å². The lowest BCUT2D eigenvalue weighted by Crippen LogP contribution is -2.56. The van der Waals surface area contributed by atoms with E-state index in [2.05, 4.69) is 10.4 Å². The van der Waals surface area contributed by atoms with Crippen LogP contribution in [-0.4, -0.2) is 33.2 Å². The van der Waals surface area contributed by atoms with Gasteiger partial charge in [0.05, 0.1) is 21.7 Å². The van der Waals surface area contributed by atoms with Crippen LogP contribution in [0.15, 0.2) is 54.2 Å². The predicted octanol–water partition coefficient (Wildman–Crippen LogP) is 4.09. The van der Waals surface area contributed by atoms with Crippen molar-refractivity contribution in [1.82, 2.24) is 15.4 Å². The summed E-state index contributed by atoms with van der Waals surface area (Å²) >= 11 is 1.52. The fraction of sp³-hybridized carbons (Fsp3) is 0.200. The van der Waals surface area contributed by atoms with Gasteiger partial charge in [0.2, 0.25) is 5.72 Å². The van der Waals surface area contributed by atoms with Gasteiger partial charge in [-0.1, -0.05) is 18.2 Å². The Morgan fingerprint density at radius 2 is 2.00 bits per heavy atom. The summed E-state index contributed by atoms with van der Waals surface area (Å²) < 4.78 is 27.1. The number of amides is 1. The van der Waals surface area contributed by atoms with Gasteiger partial charge in [0.1, 0.15) is 0 Å². The van der Waals surface area contributed by atoms with Crippen molar-refractivity contribution < 1.29 is 18.7 Å². The van der Waals surface area contributed by atoms with E-state index < -0.39 is 18.1 Å². The van der Waals surface area contributed by atoms with Gasteiger partial charge < -0.3 is 5.11 Å². The van der Waals surface area contributed by atoms with Gasteiger partial charge in [-0.2, -0.15) is 0 Å². The Labute approximate surface area is 163 Å². The molecule has 0 saturated carbocycles. The summed E-state index contributed by atoms with van der Waals surface area (Å²) in [6.07, 6.45) is -2.23. The molecule has 1 aromatic carbocycles. The minimum Gasteiger partial charge on any atom is -0.361 e. The zero-order valence-electron chi connectivity index (χ0n) is 15.1. The predicted molar refractivity (Wildman–Crippen MR) is 104 cm³/mol. The summed E-state index contributed by atoms with van der Waals surface area (Å²) in [6, 6.07) is 12.4. The number of hydrazine groups is 1. The molecule has 2 N–H and O–H groups in total. The topological polar surface area (TPSA) is 65.5 Å². The van der Waals surface area contributed by atoms with Gasteiger partial charge in [-0.15, -0.1) is 11.3 Å². The maximum atomic E-state index is 13.5. The zero-order chi connectivity index (χ0) is 20.1. The normalized spacial score (nSPS) is 19.2. The fourth-order valence-corrected chi connectivity index (χ4v) is 4.05. The first-order valence-corrected chi connectivity index (χ1v) is 9.39. The van der Waals surface area contributed by atoms with Gasteiger partial charge in [-0.25, -0.2) is 18.8 Å². The number of carbonyl (C=O) groups is 1. The molecule has 1 unspecified atom stereocenters. The molecular formula is C20H17F2N3O2S. The second-order valence-corrected chi connectivity index (χ2v) is 7.93. The number of benzene rings is 1. The average Bonchev–Trinajstić information content (AvgIpc) is 3.23. The number of aromatic nitrogens is 1. The molecule has 0 aliphatic carbocycles. The molecule has 1 aliphatic heterocycles. The molecule has 1 atom stereocenters. The number of pyridine rings is 1. The number of fused-ring (bicyclic) bond motifs is 1. The second kappa shape index (κ2) is 6.65. The Hall–Kier alpha value is -2.84. The van der Waals surface area contributed by atoms with Crippen molar-refractivity contribution in [2.24, 2.45) is 0 Å².